The Morgan fingerprint density at radius 3 is 2.65 bits per heavy atom. The van der Waals surface area contributed by atoms with Crippen molar-refractivity contribution >= 4 is 21.6 Å². The first-order valence-electron chi connectivity index (χ1n) is 5.33. The molecule has 0 aliphatic heterocycles. The van der Waals surface area contributed by atoms with Gasteiger partial charge in [0.15, 0.2) is 11.5 Å². The van der Waals surface area contributed by atoms with E-state index in [1.54, 1.807) is 0 Å². The van der Waals surface area contributed by atoms with E-state index in [0.29, 0.717) is 0 Å². The van der Waals surface area contributed by atoms with E-state index in [-0.39, 0.29) is 0 Å². The van der Waals surface area contributed by atoms with E-state index in [2.05, 4.69) is 26.0 Å². The van der Waals surface area contributed by atoms with Crippen LogP contribution in [-0.2, 0) is 0 Å². The smallest absolute Gasteiger partial charge is 0.183 e. The van der Waals surface area contributed by atoms with Crippen LogP contribution in [0, 0.1) is 6.92 Å². The lowest BCUT2D eigenvalue weighted by Crippen LogP contribution is -1.91. The summed E-state index contributed by atoms with van der Waals surface area (Å²) in [5.41, 5.74) is 2.96. The van der Waals surface area contributed by atoms with Crippen LogP contribution in [0.1, 0.15) is 5.69 Å². The number of rotatable bonds is 1. The first-order chi connectivity index (χ1) is 8.25. The van der Waals surface area contributed by atoms with Crippen LogP contribution in [0.3, 0.4) is 0 Å². The van der Waals surface area contributed by atoms with Crippen LogP contribution in [-0.4, -0.2) is 14.6 Å². The summed E-state index contributed by atoms with van der Waals surface area (Å²) in [4.78, 5) is 4.53. The predicted molar refractivity (Wildman–Crippen MR) is 70.9 cm³/mol. The number of pyridine rings is 1. The van der Waals surface area contributed by atoms with E-state index in [1.807, 2.05) is 53.9 Å². The van der Waals surface area contributed by atoms with Gasteiger partial charge in [-0.05, 0) is 31.2 Å². The van der Waals surface area contributed by atoms with Crippen molar-refractivity contribution in [3.05, 3.63) is 52.6 Å². The number of halogens is 1. The fourth-order valence-electron chi connectivity index (χ4n) is 1.79. The van der Waals surface area contributed by atoms with Gasteiger partial charge in [0.25, 0.3) is 0 Å². The highest BCUT2D eigenvalue weighted by molar-refractivity contribution is 9.10. The molecule has 17 heavy (non-hydrogen) atoms. The number of benzene rings is 1. The number of fused-ring (bicyclic) bond motifs is 1. The lowest BCUT2D eigenvalue weighted by molar-refractivity contribution is 0.918. The third kappa shape index (κ3) is 1.74. The summed E-state index contributed by atoms with van der Waals surface area (Å²) >= 11 is 3.52. The Balaban J connectivity index is 2.26. The molecular weight excluding hydrogens is 278 g/mol. The topological polar surface area (TPSA) is 30.2 Å². The molecule has 4 heteroatoms. The normalized spacial score (nSPS) is 10.9. The second kappa shape index (κ2) is 3.96. The van der Waals surface area contributed by atoms with E-state index < -0.39 is 0 Å². The zero-order chi connectivity index (χ0) is 11.8. The van der Waals surface area contributed by atoms with Gasteiger partial charge in [0.1, 0.15) is 0 Å². The quantitative estimate of drug-likeness (QED) is 0.686. The van der Waals surface area contributed by atoms with E-state index in [0.717, 1.165) is 27.2 Å². The molecule has 84 valence electrons. The summed E-state index contributed by atoms with van der Waals surface area (Å²) in [7, 11) is 0. The third-order valence-electron chi connectivity index (χ3n) is 2.66. The molecule has 0 N–H and O–H groups in total. The molecule has 0 spiro atoms. The number of hydrogen-bond donors (Lipinski definition) is 0. The predicted octanol–water partition coefficient (Wildman–Crippen LogP) is 3.47. The van der Waals surface area contributed by atoms with E-state index >= 15 is 0 Å². The first kappa shape index (κ1) is 10.5. The highest BCUT2D eigenvalue weighted by atomic mass is 79.9. The monoisotopic (exact) mass is 287 g/mol. The number of aromatic nitrogens is 3. The lowest BCUT2D eigenvalue weighted by Gasteiger charge is -1.97. The highest BCUT2D eigenvalue weighted by Crippen LogP contribution is 2.25. The molecule has 3 nitrogen and oxygen atoms in total. The summed E-state index contributed by atoms with van der Waals surface area (Å²) in [5.74, 6) is 0.742. The molecular formula is C13H10BrN3. The number of hydrogen-bond acceptors (Lipinski definition) is 2. The Morgan fingerprint density at radius 1 is 1.06 bits per heavy atom. The molecule has 2 heterocycles. The van der Waals surface area contributed by atoms with Gasteiger partial charge >= 0.3 is 0 Å². The zero-order valence-electron chi connectivity index (χ0n) is 9.26. The lowest BCUT2D eigenvalue weighted by atomic mass is 10.2. The van der Waals surface area contributed by atoms with Gasteiger partial charge in [-0.15, -0.1) is 5.10 Å². The van der Waals surface area contributed by atoms with E-state index in [1.165, 1.54) is 0 Å². The van der Waals surface area contributed by atoms with Gasteiger partial charge in [-0.1, -0.05) is 34.1 Å². The number of aryl methyl sites for hydroxylation is 1. The average Bonchev–Trinajstić information content (AvgIpc) is 2.75. The van der Waals surface area contributed by atoms with Crippen LogP contribution in [0.5, 0.6) is 0 Å². The molecule has 0 atom stereocenters. The van der Waals surface area contributed by atoms with Crippen LogP contribution in [0.25, 0.3) is 17.0 Å². The molecule has 2 aromatic heterocycles. The molecule has 0 fully saturated rings. The molecule has 1 aromatic carbocycles. The maximum Gasteiger partial charge on any atom is 0.183 e. The largest absolute Gasteiger partial charge is 0.218 e. The second-order valence-electron chi connectivity index (χ2n) is 3.85. The van der Waals surface area contributed by atoms with Crippen molar-refractivity contribution in [3.8, 4) is 11.4 Å². The summed E-state index contributed by atoms with van der Waals surface area (Å²) in [6.45, 7) is 2.02. The zero-order valence-corrected chi connectivity index (χ0v) is 10.8. The molecule has 0 radical (unpaired) electrons. The van der Waals surface area contributed by atoms with Crippen molar-refractivity contribution in [2.45, 2.75) is 6.92 Å². The molecule has 0 aliphatic rings. The van der Waals surface area contributed by atoms with Crippen molar-refractivity contribution in [2.24, 2.45) is 0 Å². The van der Waals surface area contributed by atoms with Gasteiger partial charge in [-0.3, -0.25) is 0 Å². The highest BCUT2D eigenvalue weighted by Gasteiger charge is 2.09. The fraction of sp³-hybridized carbons (Fsp3) is 0.0769. The molecule has 0 bridgehead atoms. The minimum absolute atomic E-state index is 0.742. The minimum Gasteiger partial charge on any atom is -0.218 e. The van der Waals surface area contributed by atoms with Crippen molar-refractivity contribution in [1.82, 2.24) is 14.6 Å². The van der Waals surface area contributed by atoms with E-state index in [9.17, 15) is 0 Å². The molecule has 0 aliphatic carbocycles. The fourth-order valence-corrected chi connectivity index (χ4v) is 2.25. The van der Waals surface area contributed by atoms with Crippen LogP contribution >= 0.6 is 15.9 Å². The third-order valence-corrected chi connectivity index (χ3v) is 3.36. The van der Waals surface area contributed by atoms with Gasteiger partial charge in [0.05, 0.1) is 0 Å². The maximum absolute atomic E-state index is 4.53. The number of nitrogens with zero attached hydrogens (tertiary/aromatic N) is 3. The maximum atomic E-state index is 4.53. The van der Waals surface area contributed by atoms with Gasteiger partial charge in [0.2, 0.25) is 0 Å². The Labute approximate surface area is 107 Å². The van der Waals surface area contributed by atoms with Gasteiger partial charge in [-0.2, -0.15) is 0 Å². The van der Waals surface area contributed by atoms with Crippen LogP contribution < -0.4 is 0 Å². The summed E-state index contributed by atoms with van der Waals surface area (Å²) in [5, 5.41) is 4.52. The molecule has 0 amide bonds. The Kier molecular flexibility index (Phi) is 2.44. The minimum atomic E-state index is 0.742. The molecule has 0 saturated carbocycles. The molecule has 0 saturated heterocycles. The Hall–Kier alpha value is -1.68. The Bertz CT molecular complexity index is 688. The van der Waals surface area contributed by atoms with Crippen LogP contribution in [0.4, 0.5) is 0 Å². The van der Waals surface area contributed by atoms with Crippen LogP contribution in [0.15, 0.2) is 46.9 Å². The standard InChI is InChI=1S/C13H10BrN3/c1-9-5-4-8-12-15-13(16-17(9)12)10-6-2-3-7-11(10)14/h2-8H,1H3. The Morgan fingerprint density at radius 2 is 1.88 bits per heavy atom. The molecule has 0 unspecified atom stereocenters. The summed E-state index contributed by atoms with van der Waals surface area (Å²) < 4.78 is 2.86. The summed E-state index contributed by atoms with van der Waals surface area (Å²) in [6.07, 6.45) is 0. The SMILES string of the molecule is Cc1cccc2nc(-c3ccccc3Br)nn12. The van der Waals surface area contributed by atoms with Crippen molar-refractivity contribution in [3.63, 3.8) is 0 Å². The van der Waals surface area contributed by atoms with Gasteiger partial charge < -0.3 is 0 Å². The molecule has 3 rings (SSSR count). The van der Waals surface area contributed by atoms with Crippen molar-refractivity contribution in [2.75, 3.05) is 0 Å². The summed E-state index contributed by atoms with van der Waals surface area (Å²) in [6, 6.07) is 13.9. The molecule has 3 aromatic rings. The van der Waals surface area contributed by atoms with Crippen LogP contribution in [0.2, 0.25) is 0 Å². The van der Waals surface area contributed by atoms with Crippen molar-refractivity contribution < 1.29 is 0 Å². The van der Waals surface area contributed by atoms with E-state index in [4.69, 9.17) is 0 Å². The van der Waals surface area contributed by atoms with Crippen molar-refractivity contribution in [1.29, 1.82) is 0 Å². The second-order valence-corrected chi connectivity index (χ2v) is 4.71. The van der Waals surface area contributed by atoms with Gasteiger partial charge in [0, 0.05) is 15.7 Å². The average molecular weight is 288 g/mol. The van der Waals surface area contributed by atoms with Gasteiger partial charge in [-0.25, -0.2) is 9.50 Å². The first-order valence-corrected chi connectivity index (χ1v) is 6.12.